The van der Waals surface area contributed by atoms with Crippen LogP contribution < -0.4 is 15.4 Å². The number of H-pyrrole nitrogens is 2. The first-order chi connectivity index (χ1) is 34.4. The van der Waals surface area contributed by atoms with Gasteiger partial charge in [0.05, 0.1) is 39.6 Å². The zero-order chi connectivity index (χ0) is 49.2. The van der Waals surface area contributed by atoms with Crippen LogP contribution in [0.3, 0.4) is 0 Å². The molecule has 11 rings (SSSR count). The van der Waals surface area contributed by atoms with E-state index in [9.17, 15) is 18.4 Å². The number of ether oxygens (including phenoxy) is 1. The van der Waals surface area contributed by atoms with Gasteiger partial charge in [-0.1, -0.05) is 52.5 Å². The number of anilines is 2. The van der Waals surface area contributed by atoms with Gasteiger partial charge >= 0.3 is 0 Å². The predicted molar refractivity (Wildman–Crippen MR) is 271 cm³/mol. The molecule has 71 heavy (non-hydrogen) atoms. The van der Waals surface area contributed by atoms with Gasteiger partial charge < -0.3 is 35.1 Å². The van der Waals surface area contributed by atoms with Crippen LogP contribution in [0.25, 0.3) is 44.8 Å². The van der Waals surface area contributed by atoms with E-state index in [0.717, 1.165) is 66.6 Å². The smallest absolute Gasteiger partial charge is 0.255 e. The van der Waals surface area contributed by atoms with E-state index in [1.807, 2.05) is 23.1 Å². The third-order valence-electron chi connectivity index (χ3n) is 12.8. The Morgan fingerprint density at radius 2 is 1.24 bits per heavy atom. The Morgan fingerprint density at radius 3 is 1.80 bits per heavy atom. The molecule has 364 valence electrons. The van der Waals surface area contributed by atoms with Crippen molar-refractivity contribution in [3.63, 3.8) is 0 Å². The van der Waals surface area contributed by atoms with Gasteiger partial charge in [-0.2, -0.15) is 0 Å². The fourth-order valence-electron chi connectivity index (χ4n) is 9.20. The van der Waals surface area contributed by atoms with Gasteiger partial charge in [0.15, 0.2) is 34.9 Å². The van der Waals surface area contributed by atoms with Crippen molar-refractivity contribution in [3.8, 4) is 28.5 Å². The topological polar surface area (TPSA) is 183 Å². The second-order valence-corrected chi connectivity index (χ2v) is 19.3. The third kappa shape index (κ3) is 10.7. The molecular formula is C50H44Cl4F2N12O3. The Morgan fingerprint density at radius 1 is 0.676 bits per heavy atom. The van der Waals surface area contributed by atoms with Crippen LogP contribution in [0.5, 0.6) is 5.75 Å². The number of pyridine rings is 2. The van der Waals surface area contributed by atoms with Crippen LogP contribution in [0.4, 0.5) is 20.4 Å². The fraction of sp³-hybridized carbons (Fsp3) is 0.280. The number of nitrogens with one attached hydrogen (secondary N) is 4. The number of hydrogen-bond donors (Lipinski definition) is 4. The van der Waals surface area contributed by atoms with Crippen molar-refractivity contribution in [2.75, 3.05) is 56.5 Å². The number of aromatic nitrogens is 8. The van der Waals surface area contributed by atoms with E-state index in [0.29, 0.717) is 111 Å². The molecule has 6 aromatic heterocycles. The molecule has 2 atom stereocenters. The number of aromatic amines is 2. The first kappa shape index (κ1) is 48.0. The van der Waals surface area contributed by atoms with Crippen molar-refractivity contribution in [3.05, 3.63) is 134 Å². The van der Waals surface area contributed by atoms with E-state index in [1.165, 1.54) is 0 Å². The third-order valence-corrected chi connectivity index (χ3v) is 13.8. The van der Waals surface area contributed by atoms with Gasteiger partial charge in [0, 0.05) is 103 Å². The summed E-state index contributed by atoms with van der Waals surface area (Å²) in [5, 5.41) is 9.53. The van der Waals surface area contributed by atoms with Gasteiger partial charge in [-0.15, -0.1) is 0 Å². The van der Waals surface area contributed by atoms with E-state index in [-0.39, 0.29) is 35.3 Å². The van der Waals surface area contributed by atoms with Gasteiger partial charge in [0.25, 0.3) is 11.8 Å². The minimum Gasteiger partial charge on any atom is -0.493 e. The van der Waals surface area contributed by atoms with E-state index in [4.69, 9.17) is 51.1 Å². The predicted octanol–water partition coefficient (Wildman–Crippen LogP) is 10.8. The molecule has 2 amide bonds. The Labute approximate surface area is 425 Å². The molecule has 3 aliphatic rings. The van der Waals surface area contributed by atoms with Gasteiger partial charge in [0.2, 0.25) is 0 Å². The molecule has 0 spiro atoms. The molecular weight excluding hydrogens is 996 g/mol. The number of benzene rings is 2. The summed E-state index contributed by atoms with van der Waals surface area (Å²) in [5.74, 6) is 0.814. The second kappa shape index (κ2) is 21.0. The van der Waals surface area contributed by atoms with E-state index >= 15 is 0 Å². The standard InChI is InChI=1S/C26H24ClFN6O2.C24H20Cl3FN6O/c27-18-9-19-20(12-31-23(19)30-11-18)24-32-13-21(28)25(33-24)29-10-15-2-1-6-34(14-15)26(35)17-4-3-16-5-7-36-22(16)8-17;25-14-3-4-16(19(27)7-14)24(35)34-5-1-2-13(12-34)8-29-23-20(28)11-32-22(33-23)18-10-31-21-17(18)6-15(26)9-30-21/h3-4,8-9,11-13,15H,1-2,5-7,10,14H2,(H,30,31)(H,29,32,33);3-4,6-7,9-11,13H,1-2,5,8,12H2,(H,30,31)(H,29,32,33)/t15-;13-/m11/s1. The van der Waals surface area contributed by atoms with Crippen molar-refractivity contribution in [1.82, 2.24) is 49.7 Å². The molecule has 0 unspecified atom stereocenters. The Kier molecular flexibility index (Phi) is 14.2. The van der Waals surface area contributed by atoms with Crippen molar-refractivity contribution in [2.24, 2.45) is 11.8 Å². The summed E-state index contributed by atoms with van der Waals surface area (Å²) in [6, 6.07) is 14.1. The molecule has 2 aromatic carbocycles. The highest BCUT2D eigenvalue weighted by atomic mass is 35.5. The number of fused-ring (bicyclic) bond motifs is 3. The first-order valence-corrected chi connectivity index (χ1v) is 24.5. The molecule has 3 aliphatic heterocycles. The molecule has 9 heterocycles. The molecule has 0 bridgehead atoms. The summed E-state index contributed by atoms with van der Waals surface area (Å²) < 4.78 is 34.7. The number of carbonyl (C=O) groups is 2. The quantitative estimate of drug-likeness (QED) is 0.102. The second-order valence-electron chi connectivity index (χ2n) is 17.6. The minimum absolute atomic E-state index is 0.000101. The molecule has 0 radical (unpaired) electrons. The van der Waals surface area contributed by atoms with Crippen molar-refractivity contribution >= 4 is 91.9 Å². The van der Waals surface area contributed by atoms with E-state index in [2.05, 4.69) is 50.5 Å². The Balaban J connectivity index is 0.000000164. The summed E-state index contributed by atoms with van der Waals surface area (Å²) in [7, 11) is 0. The van der Waals surface area contributed by atoms with Gasteiger partial charge in [-0.25, -0.2) is 38.7 Å². The molecule has 8 aromatic rings. The normalized spacial score (nSPS) is 16.6. The summed E-state index contributed by atoms with van der Waals surface area (Å²) in [4.78, 5) is 61.5. The highest BCUT2D eigenvalue weighted by Gasteiger charge is 2.28. The lowest BCUT2D eigenvalue weighted by molar-refractivity contribution is 0.0673. The number of halogens is 6. The highest BCUT2D eigenvalue weighted by Crippen LogP contribution is 2.32. The van der Waals surface area contributed by atoms with E-state index < -0.39 is 11.6 Å². The van der Waals surface area contributed by atoms with Crippen molar-refractivity contribution in [2.45, 2.75) is 32.1 Å². The number of likely N-dealkylation sites (tertiary alicyclic amines) is 2. The number of rotatable bonds is 10. The van der Waals surface area contributed by atoms with Gasteiger partial charge in [0.1, 0.15) is 17.0 Å². The monoisotopic (exact) mass is 1040 g/mol. The maximum Gasteiger partial charge on any atom is 0.255 e. The van der Waals surface area contributed by atoms with Crippen LogP contribution in [0.15, 0.2) is 85.7 Å². The Hall–Kier alpha value is -6.66. The van der Waals surface area contributed by atoms with Crippen LogP contribution in [-0.2, 0) is 6.42 Å². The number of nitrogens with zero attached hydrogens (tertiary/aromatic N) is 8. The summed E-state index contributed by atoms with van der Waals surface area (Å²) in [5.41, 5.74) is 4.86. The van der Waals surface area contributed by atoms with Crippen LogP contribution in [0.2, 0.25) is 20.1 Å². The molecule has 2 saturated heterocycles. The molecule has 2 fully saturated rings. The molecule has 0 aliphatic carbocycles. The molecule has 0 saturated carbocycles. The van der Waals surface area contributed by atoms with Crippen LogP contribution >= 0.6 is 46.4 Å². The van der Waals surface area contributed by atoms with Crippen LogP contribution in [0, 0.1) is 23.5 Å². The summed E-state index contributed by atoms with van der Waals surface area (Å²) in [6.07, 6.45) is 13.3. The van der Waals surface area contributed by atoms with Crippen LogP contribution in [0.1, 0.15) is 52.0 Å². The summed E-state index contributed by atoms with van der Waals surface area (Å²) >= 11 is 24.4. The number of carbonyl (C=O) groups excluding carboxylic acids is 2. The SMILES string of the molecule is O=C(c1ccc(Cl)cc1Cl)N1CCC[C@H](CNc2nc(-c3c[nH]c4ncc(Cl)cc34)ncc2F)C1.O=C(c1ccc2c(c1)OCC2)N1CCC[C@H](CNc2nc(-c3c[nH]c4ncc(Cl)cc34)ncc2F)C1. The van der Waals surface area contributed by atoms with Gasteiger partial charge in [-0.05, 0) is 85.5 Å². The molecule has 21 heteroatoms. The van der Waals surface area contributed by atoms with Gasteiger partial charge in [-0.3, -0.25) is 9.59 Å². The maximum absolute atomic E-state index is 14.6. The number of hydrogen-bond acceptors (Lipinski definition) is 11. The zero-order valence-electron chi connectivity index (χ0n) is 37.8. The van der Waals surface area contributed by atoms with Crippen LogP contribution in [-0.4, -0.2) is 107 Å². The van der Waals surface area contributed by atoms with E-state index in [1.54, 1.807) is 60.0 Å². The largest absolute Gasteiger partial charge is 0.493 e. The summed E-state index contributed by atoms with van der Waals surface area (Å²) in [6.45, 7) is 4.07. The lowest BCUT2D eigenvalue weighted by Crippen LogP contribution is -2.42. The average molecular weight is 1040 g/mol. The zero-order valence-corrected chi connectivity index (χ0v) is 40.8. The Bertz CT molecular complexity index is 3300. The van der Waals surface area contributed by atoms with Crippen molar-refractivity contribution < 1.29 is 23.1 Å². The maximum atomic E-state index is 14.6. The number of amides is 2. The molecule has 4 N–H and O–H groups in total. The lowest BCUT2D eigenvalue weighted by atomic mass is 9.97. The highest BCUT2D eigenvalue weighted by molar-refractivity contribution is 6.36. The molecule has 15 nitrogen and oxygen atoms in total. The minimum atomic E-state index is -0.554. The first-order valence-electron chi connectivity index (χ1n) is 23.0. The lowest BCUT2D eigenvalue weighted by Gasteiger charge is -2.33. The number of piperidine rings is 2. The average Bonchev–Trinajstić information content (AvgIpc) is 4.14. The van der Waals surface area contributed by atoms with Crippen molar-refractivity contribution in [1.29, 1.82) is 0 Å². The fourth-order valence-corrected chi connectivity index (χ4v) is 10.0.